The largest absolute Gasteiger partial charge is 0.361 e. The number of aromatic amines is 1. The molecule has 3 aromatic rings. The standard InChI is InChI=1S/C16H13BrN2O2/c17-12-7-5-11(6-8-12)15(10-19(20)21)14-9-18-16-4-2-1-3-13(14)16/h1-9,15,18H,10H2/t15-/m1/s1. The van der Waals surface area contributed by atoms with E-state index in [1.54, 1.807) is 0 Å². The fourth-order valence-corrected chi connectivity index (χ4v) is 2.87. The lowest BCUT2D eigenvalue weighted by Gasteiger charge is -2.13. The van der Waals surface area contributed by atoms with Crippen LogP contribution in [0.15, 0.2) is 59.2 Å². The summed E-state index contributed by atoms with van der Waals surface area (Å²) in [6.45, 7) is -0.122. The van der Waals surface area contributed by atoms with Crippen LogP contribution in [0.25, 0.3) is 10.9 Å². The zero-order chi connectivity index (χ0) is 14.8. The predicted molar refractivity (Wildman–Crippen MR) is 86.1 cm³/mol. The van der Waals surface area contributed by atoms with Gasteiger partial charge in [-0.05, 0) is 29.3 Å². The van der Waals surface area contributed by atoms with E-state index >= 15 is 0 Å². The van der Waals surface area contributed by atoms with Crippen LogP contribution in [0.2, 0.25) is 0 Å². The molecule has 1 atom stereocenters. The predicted octanol–water partition coefficient (Wildman–Crippen LogP) is 4.34. The molecular weight excluding hydrogens is 332 g/mol. The van der Waals surface area contributed by atoms with Crippen LogP contribution in [0.5, 0.6) is 0 Å². The van der Waals surface area contributed by atoms with Crippen LogP contribution in [0.4, 0.5) is 0 Å². The Bertz CT molecular complexity index is 780. The maximum atomic E-state index is 11.1. The summed E-state index contributed by atoms with van der Waals surface area (Å²) in [6, 6.07) is 15.6. The van der Waals surface area contributed by atoms with Gasteiger partial charge in [0, 0.05) is 26.5 Å². The number of fused-ring (bicyclic) bond motifs is 1. The summed E-state index contributed by atoms with van der Waals surface area (Å²) in [7, 11) is 0. The highest BCUT2D eigenvalue weighted by molar-refractivity contribution is 9.10. The van der Waals surface area contributed by atoms with Gasteiger partial charge in [0.2, 0.25) is 6.54 Å². The Morgan fingerprint density at radius 3 is 2.57 bits per heavy atom. The van der Waals surface area contributed by atoms with Gasteiger partial charge in [-0.3, -0.25) is 10.1 Å². The zero-order valence-corrected chi connectivity index (χ0v) is 12.7. The fraction of sp³-hybridized carbons (Fsp3) is 0.125. The molecule has 3 rings (SSSR count). The summed E-state index contributed by atoms with van der Waals surface area (Å²) in [5, 5.41) is 12.1. The van der Waals surface area contributed by atoms with E-state index in [-0.39, 0.29) is 17.4 Å². The molecule has 21 heavy (non-hydrogen) atoms. The van der Waals surface area contributed by atoms with Gasteiger partial charge in [-0.1, -0.05) is 46.3 Å². The van der Waals surface area contributed by atoms with Crippen molar-refractivity contribution in [1.82, 2.24) is 4.98 Å². The first-order valence-corrected chi connectivity index (χ1v) is 7.38. The minimum absolute atomic E-state index is 0.122. The van der Waals surface area contributed by atoms with Crippen molar-refractivity contribution in [3.05, 3.63) is 80.4 Å². The Balaban J connectivity index is 2.11. The van der Waals surface area contributed by atoms with Gasteiger partial charge in [-0.2, -0.15) is 0 Å². The molecule has 0 saturated carbocycles. The Hall–Kier alpha value is -2.14. The zero-order valence-electron chi connectivity index (χ0n) is 11.1. The van der Waals surface area contributed by atoms with Crippen LogP contribution >= 0.6 is 15.9 Å². The SMILES string of the molecule is O=[N+]([O-])C[C@H](c1ccc(Br)cc1)c1c[nH]c2ccccc12. The molecule has 5 heteroatoms. The first kappa shape index (κ1) is 13.8. The summed E-state index contributed by atoms with van der Waals surface area (Å²) in [4.78, 5) is 14.0. The molecule has 0 aliphatic carbocycles. The van der Waals surface area contributed by atoms with E-state index in [9.17, 15) is 10.1 Å². The van der Waals surface area contributed by atoms with Crippen molar-refractivity contribution in [2.24, 2.45) is 0 Å². The summed E-state index contributed by atoms with van der Waals surface area (Å²) >= 11 is 3.39. The Morgan fingerprint density at radius 2 is 1.86 bits per heavy atom. The van der Waals surface area contributed by atoms with Crippen LogP contribution in [-0.4, -0.2) is 16.5 Å². The molecule has 0 spiro atoms. The molecule has 1 aromatic heterocycles. The van der Waals surface area contributed by atoms with Crippen LogP contribution in [0.1, 0.15) is 17.0 Å². The quantitative estimate of drug-likeness (QED) is 0.565. The maximum Gasteiger partial charge on any atom is 0.214 e. The van der Waals surface area contributed by atoms with Crippen LogP contribution in [0, 0.1) is 10.1 Å². The van der Waals surface area contributed by atoms with E-state index in [0.29, 0.717) is 0 Å². The van der Waals surface area contributed by atoms with Crippen molar-refractivity contribution in [1.29, 1.82) is 0 Å². The number of benzene rings is 2. The third-order valence-corrected chi connectivity index (χ3v) is 4.13. The number of H-pyrrole nitrogens is 1. The van der Waals surface area contributed by atoms with Gasteiger partial charge >= 0.3 is 0 Å². The number of hydrogen-bond donors (Lipinski definition) is 1. The van der Waals surface area contributed by atoms with Gasteiger partial charge in [0.25, 0.3) is 0 Å². The number of halogens is 1. The molecule has 0 unspecified atom stereocenters. The van der Waals surface area contributed by atoms with E-state index in [2.05, 4.69) is 20.9 Å². The highest BCUT2D eigenvalue weighted by atomic mass is 79.9. The Kier molecular flexibility index (Phi) is 3.75. The highest BCUT2D eigenvalue weighted by Gasteiger charge is 2.23. The smallest absolute Gasteiger partial charge is 0.214 e. The molecule has 106 valence electrons. The van der Waals surface area contributed by atoms with E-state index in [1.807, 2.05) is 54.7 Å². The number of nitro groups is 1. The lowest BCUT2D eigenvalue weighted by atomic mass is 9.91. The van der Waals surface area contributed by atoms with Gasteiger partial charge in [0.15, 0.2) is 0 Å². The molecule has 0 bridgehead atoms. The summed E-state index contributed by atoms with van der Waals surface area (Å²) < 4.78 is 0.963. The minimum Gasteiger partial charge on any atom is -0.361 e. The molecule has 2 aromatic carbocycles. The van der Waals surface area contributed by atoms with Crippen LogP contribution in [0.3, 0.4) is 0 Å². The lowest BCUT2D eigenvalue weighted by Crippen LogP contribution is -2.13. The second-order valence-electron chi connectivity index (χ2n) is 4.91. The van der Waals surface area contributed by atoms with E-state index in [0.717, 1.165) is 26.5 Å². The third kappa shape index (κ3) is 2.83. The van der Waals surface area contributed by atoms with Crippen molar-refractivity contribution in [3.8, 4) is 0 Å². The van der Waals surface area contributed by atoms with E-state index in [1.165, 1.54) is 0 Å². The van der Waals surface area contributed by atoms with Gasteiger partial charge in [0.1, 0.15) is 0 Å². The van der Waals surface area contributed by atoms with Crippen molar-refractivity contribution in [3.63, 3.8) is 0 Å². The van der Waals surface area contributed by atoms with Gasteiger partial charge in [-0.15, -0.1) is 0 Å². The Labute approximate surface area is 130 Å². The average Bonchev–Trinajstić information content (AvgIpc) is 2.89. The summed E-state index contributed by atoms with van der Waals surface area (Å²) in [6.07, 6.45) is 1.88. The lowest BCUT2D eigenvalue weighted by molar-refractivity contribution is -0.481. The number of nitrogens with zero attached hydrogens (tertiary/aromatic N) is 1. The average molecular weight is 345 g/mol. The molecule has 0 amide bonds. The molecule has 0 fully saturated rings. The molecule has 1 N–H and O–H groups in total. The first-order valence-electron chi connectivity index (χ1n) is 6.58. The minimum atomic E-state index is -0.260. The van der Waals surface area contributed by atoms with E-state index < -0.39 is 0 Å². The third-order valence-electron chi connectivity index (χ3n) is 3.60. The van der Waals surface area contributed by atoms with Crippen molar-refractivity contribution in [2.45, 2.75) is 5.92 Å². The molecule has 0 radical (unpaired) electrons. The first-order chi connectivity index (χ1) is 10.1. The maximum absolute atomic E-state index is 11.1. The monoisotopic (exact) mass is 344 g/mol. The van der Waals surface area contributed by atoms with Crippen LogP contribution in [-0.2, 0) is 0 Å². The fourth-order valence-electron chi connectivity index (χ4n) is 2.61. The highest BCUT2D eigenvalue weighted by Crippen LogP contribution is 2.31. The molecule has 4 nitrogen and oxygen atoms in total. The van der Waals surface area contributed by atoms with Crippen molar-refractivity contribution < 1.29 is 4.92 Å². The molecule has 0 aliphatic heterocycles. The van der Waals surface area contributed by atoms with Crippen LogP contribution < -0.4 is 0 Å². The molecule has 1 heterocycles. The van der Waals surface area contributed by atoms with Crippen molar-refractivity contribution in [2.75, 3.05) is 6.54 Å². The second kappa shape index (κ2) is 5.69. The van der Waals surface area contributed by atoms with E-state index in [4.69, 9.17) is 0 Å². The topological polar surface area (TPSA) is 58.9 Å². The number of nitrogens with one attached hydrogen (secondary N) is 1. The molecule has 0 aliphatic rings. The van der Waals surface area contributed by atoms with Crippen molar-refractivity contribution >= 4 is 26.8 Å². The summed E-state index contributed by atoms with van der Waals surface area (Å²) in [5.74, 6) is -0.260. The van der Waals surface area contributed by atoms with Gasteiger partial charge in [-0.25, -0.2) is 0 Å². The normalized spacial score (nSPS) is 12.4. The number of hydrogen-bond acceptors (Lipinski definition) is 2. The Morgan fingerprint density at radius 1 is 1.14 bits per heavy atom. The number of rotatable bonds is 4. The number of aromatic nitrogens is 1. The number of para-hydroxylation sites is 1. The summed E-state index contributed by atoms with van der Waals surface area (Å²) in [5.41, 5.74) is 2.90. The molecule has 0 saturated heterocycles. The van der Waals surface area contributed by atoms with Gasteiger partial charge < -0.3 is 4.98 Å². The second-order valence-corrected chi connectivity index (χ2v) is 5.82. The molecular formula is C16H13BrN2O2. The van der Waals surface area contributed by atoms with Gasteiger partial charge in [0.05, 0.1) is 5.92 Å².